The van der Waals surface area contributed by atoms with Gasteiger partial charge in [-0.05, 0) is 70.4 Å². The summed E-state index contributed by atoms with van der Waals surface area (Å²) in [7, 11) is 0. The molecule has 2 rings (SSSR count). The van der Waals surface area contributed by atoms with Gasteiger partial charge in [0, 0.05) is 12.6 Å². The number of likely N-dealkylation sites (tertiary alicyclic amines) is 1. The lowest BCUT2D eigenvalue weighted by molar-refractivity contribution is 0.178. The molecule has 0 amide bonds. The molecule has 88 valence electrons. The summed E-state index contributed by atoms with van der Waals surface area (Å²) < 4.78 is 0. The van der Waals surface area contributed by atoms with Crippen molar-refractivity contribution in [2.45, 2.75) is 51.5 Å². The Morgan fingerprint density at radius 1 is 1.07 bits per heavy atom. The second kappa shape index (κ2) is 5.31. The smallest absolute Gasteiger partial charge is 0.00675 e. The number of hydrogen-bond donors (Lipinski definition) is 1. The first-order chi connectivity index (χ1) is 7.29. The highest BCUT2D eigenvalue weighted by Crippen LogP contribution is 2.30. The second-order valence-electron chi connectivity index (χ2n) is 5.61. The normalized spacial score (nSPS) is 38.4. The first kappa shape index (κ1) is 11.4. The van der Waals surface area contributed by atoms with Crippen molar-refractivity contribution in [3.05, 3.63) is 0 Å². The summed E-state index contributed by atoms with van der Waals surface area (Å²) in [5.41, 5.74) is 5.72. The van der Waals surface area contributed by atoms with Crippen LogP contribution in [0.1, 0.15) is 45.4 Å². The Morgan fingerprint density at radius 3 is 2.27 bits per heavy atom. The van der Waals surface area contributed by atoms with Crippen LogP contribution in [0.3, 0.4) is 0 Å². The van der Waals surface area contributed by atoms with Crippen LogP contribution in [-0.2, 0) is 0 Å². The van der Waals surface area contributed by atoms with E-state index in [1.165, 1.54) is 51.6 Å². The zero-order chi connectivity index (χ0) is 10.7. The Bertz CT molecular complexity index is 185. The summed E-state index contributed by atoms with van der Waals surface area (Å²) in [5.74, 6) is 1.80. The third-order valence-corrected chi connectivity index (χ3v) is 4.48. The number of hydrogen-bond acceptors (Lipinski definition) is 2. The molecule has 1 saturated carbocycles. The quantitative estimate of drug-likeness (QED) is 0.774. The van der Waals surface area contributed by atoms with Crippen LogP contribution in [-0.4, -0.2) is 30.6 Å². The fraction of sp³-hybridized carbons (Fsp3) is 1.00. The maximum Gasteiger partial charge on any atom is 0.00675 e. The fourth-order valence-corrected chi connectivity index (χ4v) is 3.25. The van der Waals surface area contributed by atoms with Gasteiger partial charge in [0.25, 0.3) is 0 Å². The molecule has 1 unspecified atom stereocenters. The van der Waals surface area contributed by atoms with E-state index in [-0.39, 0.29) is 0 Å². The third kappa shape index (κ3) is 2.94. The largest absolute Gasteiger partial charge is 0.330 e. The van der Waals surface area contributed by atoms with Gasteiger partial charge in [0.15, 0.2) is 0 Å². The van der Waals surface area contributed by atoms with Crippen LogP contribution in [0.25, 0.3) is 0 Å². The summed E-state index contributed by atoms with van der Waals surface area (Å²) in [4.78, 5) is 2.70. The van der Waals surface area contributed by atoms with Gasteiger partial charge in [-0.2, -0.15) is 0 Å². The molecule has 0 aromatic rings. The van der Waals surface area contributed by atoms with Gasteiger partial charge in [-0.25, -0.2) is 0 Å². The highest BCUT2D eigenvalue weighted by Gasteiger charge is 2.26. The summed E-state index contributed by atoms with van der Waals surface area (Å²) in [6.07, 6.45) is 8.43. The molecular formula is C13H26N2. The predicted molar refractivity (Wildman–Crippen MR) is 64.8 cm³/mol. The van der Waals surface area contributed by atoms with Crippen molar-refractivity contribution >= 4 is 0 Å². The first-order valence-corrected chi connectivity index (χ1v) is 6.73. The van der Waals surface area contributed by atoms with Crippen LogP contribution in [0.2, 0.25) is 0 Å². The molecule has 2 heteroatoms. The molecule has 2 fully saturated rings. The zero-order valence-electron chi connectivity index (χ0n) is 10.1. The molecular weight excluding hydrogens is 184 g/mol. The Balaban J connectivity index is 1.72. The van der Waals surface area contributed by atoms with Gasteiger partial charge in [0.2, 0.25) is 0 Å². The van der Waals surface area contributed by atoms with Crippen molar-refractivity contribution in [1.82, 2.24) is 4.90 Å². The molecule has 1 heterocycles. The maximum absolute atomic E-state index is 5.72. The van der Waals surface area contributed by atoms with Crippen molar-refractivity contribution in [3.63, 3.8) is 0 Å². The predicted octanol–water partition coefficient (Wildman–Crippen LogP) is 2.24. The van der Waals surface area contributed by atoms with Crippen molar-refractivity contribution in [2.24, 2.45) is 17.6 Å². The van der Waals surface area contributed by atoms with Crippen molar-refractivity contribution < 1.29 is 0 Å². The number of nitrogens with zero attached hydrogens (tertiary/aromatic N) is 1. The minimum Gasteiger partial charge on any atom is -0.330 e. The average Bonchev–Trinajstić information content (AvgIpc) is 2.66. The first-order valence-electron chi connectivity index (χ1n) is 6.73. The number of nitrogens with two attached hydrogens (primary N) is 1. The summed E-state index contributed by atoms with van der Waals surface area (Å²) in [6, 6.07) is 0.845. The molecule has 0 spiro atoms. The monoisotopic (exact) mass is 210 g/mol. The van der Waals surface area contributed by atoms with Crippen LogP contribution >= 0.6 is 0 Å². The van der Waals surface area contributed by atoms with E-state index in [2.05, 4.69) is 11.8 Å². The van der Waals surface area contributed by atoms with Gasteiger partial charge in [-0.15, -0.1) is 0 Å². The van der Waals surface area contributed by atoms with Crippen molar-refractivity contribution in [3.8, 4) is 0 Å². The van der Waals surface area contributed by atoms with Crippen LogP contribution < -0.4 is 5.73 Å². The van der Waals surface area contributed by atoms with Crippen LogP contribution in [0.15, 0.2) is 0 Å². The molecule has 2 nitrogen and oxygen atoms in total. The SMILES string of the molecule is CC1CCCN1CC1CCC(CN)CC1. The third-order valence-electron chi connectivity index (χ3n) is 4.48. The Kier molecular flexibility index (Phi) is 4.04. The minimum atomic E-state index is 0.831. The van der Waals surface area contributed by atoms with E-state index >= 15 is 0 Å². The van der Waals surface area contributed by atoms with Gasteiger partial charge in [0.05, 0.1) is 0 Å². The van der Waals surface area contributed by atoms with Crippen LogP contribution in [0, 0.1) is 11.8 Å². The van der Waals surface area contributed by atoms with E-state index in [1.807, 2.05) is 0 Å². The summed E-state index contributed by atoms with van der Waals surface area (Å²) >= 11 is 0. The second-order valence-corrected chi connectivity index (χ2v) is 5.61. The van der Waals surface area contributed by atoms with Crippen LogP contribution in [0.4, 0.5) is 0 Å². The molecule has 0 bridgehead atoms. The topological polar surface area (TPSA) is 29.3 Å². The Morgan fingerprint density at radius 2 is 1.73 bits per heavy atom. The van der Waals surface area contributed by atoms with Gasteiger partial charge >= 0.3 is 0 Å². The lowest BCUT2D eigenvalue weighted by atomic mass is 9.82. The zero-order valence-corrected chi connectivity index (χ0v) is 10.1. The molecule has 2 aliphatic rings. The van der Waals surface area contributed by atoms with E-state index < -0.39 is 0 Å². The van der Waals surface area contributed by atoms with Gasteiger partial charge < -0.3 is 10.6 Å². The van der Waals surface area contributed by atoms with Gasteiger partial charge in [-0.1, -0.05) is 0 Å². The van der Waals surface area contributed by atoms with E-state index in [0.717, 1.165) is 24.4 Å². The lowest BCUT2D eigenvalue weighted by Gasteiger charge is -2.32. The molecule has 0 aromatic heterocycles. The van der Waals surface area contributed by atoms with E-state index in [4.69, 9.17) is 5.73 Å². The van der Waals surface area contributed by atoms with Gasteiger partial charge in [0.1, 0.15) is 0 Å². The molecule has 1 atom stereocenters. The molecule has 15 heavy (non-hydrogen) atoms. The standard InChI is InChI=1S/C13H26N2/c1-11-3-2-8-15(11)10-13-6-4-12(9-14)5-7-13/h11-13H,2-10,14H2,1H3. The minimum absolute atomic E-state index is 0.831. The van der Waals surface area contributed by atoms with E-state index in [1.54, 1.807) is 0 Å². The summed E-state index contributed by atoms with van der Waals surface area (Å²) in [5, 5.41) is 0. The molecule has 0 aromatic carbocycles. The summed E-state index contributed by atoms with van der Waals surface area (Å²) in [6.45, 7) is 6.00. The Hall–Kier alpha value is -0.0800. The highest BCUT2D eigenvalue weighted by molar-refractivity contribution is 4.80. The molecule has 1 saturated heterocycles. The highest BCUT2D eigenvalue weighted by atomic mass is 15.2. The molecule has 0 radical (unpaired) electrons. The average molecular weight is 210 g/mol. The van der Waals surface area contributed by atoms with E-state index in [0.29, 0.717) is 0 Å². The molecule has 2 N–H and O–H groups in total. The van der Waals surface area contributed by atoms with Crippen molar-refractivity contribution in [1.29, 1.82) is 0 Å². The lowest BCUT2D eigenvalue weighted by Crippen LogP contribution is -2.34. The number of rotatable bonds is 3. The van der Waals surface area contributed by atoms with Crippen LogP contribution in [0.5, 0.6) is 0 Å². The maximum atomic E-state index is 5.72. The van der Waals surface area contributed by atoms with E-state index in [9.17, 15) is 0 Å². The fourth-order valence-electron chi connectivity index (χ4n) is 3.25. The molecule has 1 aliphatic heterocycles. The van der Waals surface area contributed by atoms with Crippen molar-refractivity contribution in [2.75, 3.05) is 19.6 Å². The molecule has 1 aliphatic carbocycles. The Labute approximate surface area is 94.2 Å². The van der Waals surface area contributed by atoms with Gasteiger partial charge in [-0.3, -0.25) is 0 Å².